The van der Waals surface area contributed by atoms with Gasteiger partial charge in [0.1, 0.15) is 5.69 Å². The van der Waals surface area contributed by atoms with Crippen LogP contribution < -0.4 is 0 Å². The Bertz CT molecular complexity index is 771. The van der Waals surface area contributed by atoms with Gasteiger partial charge in [0.05, 0.1) is 17.6 Å². The molecule has 0 spiro atoms. The fourth-order valence-electron chi connectivity index (χ4n) is 2.92. The molecule has 0 unspecified atom stereocenters. The van der Waals surface area contributed by atoms with Crippen molar-refractivity contribution in [3.8, 4) is 11.4 Å². The van der Waals surface area contributed by atoms with Crippen LogP contribution in [0.3, 0.4) is 0 Å². The maximum Gasteiger partial charge on any atom is 0.211 e. The normalized spacial score (nSPS) is 20.2. The molecule has 1 saturated heterocycles. The maximum absolute atomic E-state index is 11.8. The lowest BCUT2D eigenvalue weighted by molar-refractivity contribution is 0.314. The van der Waals surface area contributed by atoms with Crippen LogP contribution in [0.15, 0.2) is 24.7 Å². The highest BCUT2D eigenvalue weighted by molar-refractivity contribution is 7.88. The van der Waals surface area contributed by atoms with Gasteiger partial charge in [0.2, 0.25) is 10.0 Å². The van der Waals surface area contributed by atoms with Gasteiger partial charge in [-0.05, 0) is 18.9 Å². The van der Waals surface area contributed by atoms with E-state index >= 15 is 0 Å². The largest absolute Gasteiger partial charge is 0.266 e. The first-order valence-electron chi connectivity index (χ1n) is 7.21. The molecule has 0 aromatic carbocycles. The average Bonchev–Trinajstić information content (AvgIpc) is 2.92. The second-order valence-electron chi connectivity index (χ2n) is 5.59. The molecule has 2 aromatic rings. The zero-order chi connectivity index (χ0) is 15.7. The van der Waals surface area contributed by atoms with Gasteiger partial charge in [0, 0.05) is 44.6 Å². The van der Waals surface area contributed by atoms with Crippen LogP contribution in [0.25, 0.3) is 11.4 Å². The summed E-state index contributed by atoms with van der Waals surface area (Å²) < 4.78 is 26.9. The van der Waals surface area contributed by atoms with E-state index in [0.29, 0.717) is 13.1 Å². The number of rotatable bonds is 3. The SMILES string of the molecule is Cn1nccc1-c1nccnc1[C@H]1CCCN(S(C)(=O)=O)C1. The molecule has 3 rings (SSSR count). The molecule has 0 bridgehead atoms. The lowest BCUT2D eigenvalue weighted by Crippen LogP contribution is -2.38. The van der Waals surface area contributed by atoms with E-state index in [4.69, 9.17) is 0 Å². The van der Waals surface area contributed by atoms with Crippen molar-refractivity contribution >= 4 is 10.0 Å². The molecule has 8 heteroatoms. The first-order valence-corrected chi connectivity index (χ1v) is 9.06. The number of aromatic nitrogens is 4. The van der Waals surface area contributed by atoms with Gasteiger partial charge in [-0.2, -0.15) is 5.10 Å². The number of nitrogens with zero attached hydrogens (tertiary/aromatic N) is 5. The average molecular weight is 321 g/mol. The van der Waals surface area contributed by atoms with E-state index in [1.807, 2.05) is 13.1 Å². The number of piperidine rings is 1. The number of aryl methyl sites for hydroxylation is 1. The van der Waals surface area contributed by atoms with Crippen LogP contribution in [0.2, 0.25) is 0 Å². The van der Waals surface area contributed by atoms with Gasteiger partial charge >= 0.3 is 0 Å². The minimum Gasteiger partial charge on any atom is -0.266 e. The van der Waals surface area contributed by atoms with Crippen LogP contribution >= 0.6 is 0 Å². The molecule has 1 atom stereocenters. The lowest BCUT2D eigenvalue weighted by atomic mass is 9.93. The van der Waals surface area contributed by atoms with Crippen molar-refractivity contribution in [3.63, 3.8) is 0 Å². The van der Waals surface area contributed by atoms with E-state index in [0.717, 1.165) is 29.9 Å². The highest BCUT2D eigenvalue weighted by Crippen LogP contribution is 2.32. The predicted octanol–water partition coefficient (Wildman–Crippen LogP) is 1.02. The summed E-state index contributed by atoms with van der Waals surface area (Å²) in [6, 6.07) is 1.89. The summed E-state index contributed by atoms with van der Waals surface area (Å²) >= 11 is 0. The van der Waals surface area contributed by atoms with E-state index in [-0.39, 0.29) is 5.92 Å². The van der Waals surface area contributed by atoms with E-state index in [2.05, 4.69) is 15.1 Å². The molecule has 22 heavy (non-hydrogen) atoms. The highest BCUT2D eigenvalue weighted by Gasteiger charge is 2.29. The van der Waals surface area contributed by atoms with Crippen molar-refractivity contribution in [2.24, 2.45) is 7.05 Å². The Morgan fingerprint density at radius 3 is 2.68 bits per heavy atom. The summed E-state index contributed by atoms with van der Waals surface area (Å²) in [5.74, 6) is 0.0575. The Morgan fingerprint density at radius 2 is 2.00 bits per heavy atom. The van der Waals surface area contributed by atoms with Gasteiger partial charge in [0.25, 0.3) is 0 Å². The molecule has 1 fully saturated rings. The molecule has 0 radical (unpaired) electrons. The summed E-state index contributed by atoms with van der Waals surface area (Å²) in [6.45, 7) is 1.04. The Hall–Kier alpha value is -1.80. The Balaban J connectivity index is 1.97. The molecule has 1 aliphatic heterocycles. The molecular weight excluding hydrogens is 302 g/mol. The van der Waals surface area contributed by atoms with E-state index in [1.165, 1.54) is 10.6 Å². The monoisotopic (exact) mass is 321 g/mol. The minimum atomic E-state index is -3.17. The van der Waals surface area contributed by atoms with Gasteiger partial charge in [-0.1, -0.05) is 0 Å². The summed E-state index contributed by atoms with van der Waals surface area (Å²) in [7, 11) is -1.32. The van der Waals surface area contributed by atoms with Crippen molar-refractivity contribution in [1.82, 2.24) is 24.1 Å². The summed E-state index contributed by atoms with van der Waals surface area (Å²) in [4.78, 5) is 8.94. The highest BCUT2D eigenvalue weighted by atomic mass is 32.2. The van der Waals surface area contributed by atoms with Crippen molar-refractivity contribution in [2.45, 2.75) is 18.8 Å². The van der Waals surface area contributed by atoms with Crippen LogP contribution in [-0.2, 0) is 17.1 Å². The third-order valence-electron chi connectivity index (χ3n) is 4.03. The van der Waals surface area contributed by atoms with E-state index in [1.54, 1.807) is 23.3 Å². The fraction of sp³-hybridized carbons (Fsp3) is 0.500. The molecule has 7 nitrogen and oxygen atoms in total. The molecule has 0 aliphatic carbocycles. The second kappa shape index (κ2) is 5.77. The third kappa shape index (κ3) is 2.89. The topological polar surface area (TPSA) is 81.0 Å². The first kappa shape index (κ1) is 15.1. The van der Waals surface area contributed by atoms with E-state index in [9.17, 15) is 8.42 Å². The van der Waals surface area contributed by atoms with E-state index < -0.39 is 10.0 Å². The number of sulfonamides is 1. The zero-order valence-electron chi connectivity index (χ0n) is 12.7. The van der Waals surface area contributed by atoms with Crippen LogP contribution in [0, 0.1) is 0 Å². The molecule has 1 aliphatic rings. The molecule has 2 aromatic heterocycles. The smallest absolute Gasteiger partial charge is 0.211 e. The fourth-order valence-corrected chi connectivity index (χ4v) is 3.83. The van der Waals surface area contributed by atoms with Gasteiger partial charge in [-0.15, -0.1) is 0 Å². The Labute approximate surface area is 130 Å². The molecular formula is C14H19N5O2S. The molecule has 0 N–H and O–H groups in total. The Morgan fingerprint density at radius 1 is 1.23 bits per heavy atom. The molecule has 3 heterocycles. The third-order valence-corrected chi connectivity index (χ3v) is 5.30. The number of hydrogen-bond donors (Lipinski definition) is 0. The Kier molecular flexibility index (Phi) is 3.96. The van der Waals surface area contributed by atoms with Crippen LogP contribution in [0.1, 0.15) is 24.5 Å². The van der Waals surface area contributed by atoms with Gasteiger partial charge in [-0.25, -0.2) is 12.7 Å². The van der Waals surface area contributed by atoms with Crippen LogP contribution in [-0.4, -0.2) is 51.8 Å². The number of hydrogen-bond acceptors (Lipinski definition) is 5. The molecule has 0 amide bonds. The van der Waals surface area contributed by atoms with Crippen LogP contribution in [0.5, 0.6) is 0 Å². The predicted molar refractivity (Wildman–Crippen MR) is 82.6 cm³/mol. The van der Waals surface area contributed by atoms with Gasteiger partial charge < -0.3 is 0 Å². The van der Waals surface area contributed by atoms with Crippen molar-refractivity contribution in [1.29, 1.82) is 0 Å². The minimum absolute atomic E-state index is 0.0575. The van der Waals surface area contributed by atoms with Crippen molar-refractivity contribution in [3.05, 3.63) is 30.4 Å². The quantitative estimate of drug-likeness (QED) is 0.843. The summed E-state index contributed by atoms with van der Waals surface area (Å²) in [5.41, 5.74) is 2.52. The summed E-state index contributed by atoms with van der Waals surface area (Å²) in [6.07, 6.45) is 8.04. The van der Waals surface area contributed by atoms with Crippen molar-refractivity contribution in [2.75, 3.05) is 19.3 Å². The molecule has 0 saturated carbocycles. The first-order chi connectivity index (χ1) is 10.5. The zero-order valence-corrected chi connectivity index (χ0v) is 13.5. The van der Waals surface area contributed by atoms with Crippen LogP contribution in [0.4, 0.5) is 0 Å². The summed E-state index contributed by atoms with van der Waals surface area (Å²) in [5, 5.41) is 4.18. The lowest BCUT2D eigenvalue weighted by Gasteiger charge is -2.31. The molecule has 118 valence electrons. The maximum atomic E-state index is 11.8. The van der Waals surface area contributed by atoms with Crippen molar-refractivity contribution < 1.29 is 8.42 Å². The second-order valence-corrected chi connectivity index (χ2v) is 7.57. The van der Waals surface area contributed by atoms with Gasteiger partial charge in [0.15, 0.2) is 0 Å². The standard InChI is InChI=1S/C14H19N5O2S/c1-18-12(5-6-17-18)14-13(15-7-8-16-14)11-4-3-9-19(10-11)22(2,20)21/h5-8,11H,3-4,9-10H2,1-2H3/t11-/m0/s1. The van der Waals surface area contributed by atoms with Gasteiger partial charge in [-0.3, -0.25) is 14.6 Å².